The summed E-state index contributed by atoms with van der Waals surface area (Å²) in [6.07, 6.45) is 1.07. The van der Waals surface area contributed by atoms with E-state index in [2.05, 4.69) is 4.84 Å². The van der Waals surface area contributed by atoms with Crippen LogP contribution in [-0.2, 0) is 21.0 Å². The Labute approximate surface area is 87.6 Å². The fourth-order valence-corrected chi connectivity index (χ4v) is 1.09. The van der Waals surface area contributed by atoms with E-state index in [0.29, 0.717) is 19.4 Å². The maximum Gasteiger partial charge on any atom is 0.230 e. The van der Waals surface area contributed by atoms with E-state index in [1.54, 1.807) is 0 Å². The Kier molecular flexibility index (Phi) is 4.89. The predicted octanol–water partition coefficient (Wildman–Crippen LogP) is 0.280. The van der Waals surface area contributed by atoms with Gasteiger partial charge in [0.1, 0.15) is 6.73 Å². The van der Waals surface area contributed by atoms with Gasteiger partial charge in [0.05, 0.1) is 0 Å². The predicted molar refractivity (Wildman–Crippen MR) is 53.2 cm³/mol. The average Bonchev–Trinajstić information content (AvgIpc) is 2.29. The van der Waals surface area contributed by atoms with Crippen LogP contribution in [0.5, 0.6) is 0 Å². The zero-order valence-corrected chi connectivity index (χ0v) is 8.13. The number of hydrogen-bond acceptors (Lipinski definition) is 3. The molecule has 0 saturated carbocycles. The van der Waals surface area contributed by atoms with Crippen LogP contribution in [0.4, 0.5) is 0 Å². The molecule has 0 aromatic heterocycles. The summed E-state index contributed by atoms with van der Waals surface area (Å²) >= 11 is 0. The van der Waals surface area contributed by atoms with E-state index in [4.69, 9.17) is 0 Å². The highest BCUT2D eigenvalue weighted by Gasteiger charge is 2.01. The minimum Gasteiger partial charge on any atom is -0.315 e. The molecule has 0 heterocycles. The van der Waals surface area contributed by atoms with Gasteiger partial charge in [-0.15, -0.1) is 0 Å². The van der Waals surface area contributed by atoms with Gasteiger partial charge >= 0.3 is 0 Å². The monoisotopic (exact) mass is 208 g/mol. The highest BCUT2D eigenvalue weighted by Crippen LogP contribution is 2.01. The minimum absolute atomic E-state index is 0.0249. The fraction of sp³-hybridized carbons (Fsp3) is 0.200. The maximum absolute atomic E-state index is 10.6. The van der Waals surface area contributed by atoms with Crippen molar-refractivity contribution in [3.8, 4) is 0 Å². The summed E-state index contributed by atoms with van der Waals surface area (Å²) in [7, 11) is 0. The van der Waals surface area contributed by atoms with Crippen molar-refractivity contribution in [2.24, 2.45) is 0 Å². The van der Waals surface area contributed by atoms with Gasteiger partial charge < -0.3 is 4.90 Å². The molecule has 1 N–H and O–H groups in total. The molecule has 1 rings (SSSR count). The van der Waals surface area contributed by atoms with Crippen LogP contribution in [0.25, 0.3) is 0 Å². The third-order valence-electron chi connectivity index (χ3n) is 1.74. The lowest BCUT2D eigenvalue weighted by Gasteiger charge is -2.16. The number of nitrogens with one attached hydrogen (secondary N) is 1. The van der Waals surface area contributed by atoms with Crippen LogP contribution in [0.15, 0.2) is 30.3 Å². The zero-order valence-electron chi connectivity index (χ0n) is 8.13. The van der Waals surface area contributed by atoms with Crippen LogP contribution >= 0.6 is 0 Å². The Hall–Kier alpha value is -1.88. The lowest BCUT2D eigenvalue weighted by molar-refractivity contribution is -0.134. The summed E-state index contributed by atoms with van der Waals surface area (Å²) < 4.78 is 0. The molecule has 0 radical (unpaired) electrons. The Balaban J connectivity index is 2.40. The summed E-state index contributed by atoms with van der Waals surface area (Å²) in [4.78, 5) is 26.6. The van der Waals surface area contributed by atoms with Crippen molar-refractivity contribution in [3.05, 3.63) is 35.9 Å². The molecule has 5 nitrogen and oxygen atoms in total. The molecule has 0 saturated heterocycles. The maximum atomic E-state index is 10.6. The van der Waals surface area contributed by atoms with Crippen LogP contribution in [0, 0.1) is 0 Å². The van der Waals surface area contributed by atoms with Gasteiger partial charge in [0.2, 0.25) is 12.8 Å². The SMILES string of the molecule is O=CNOCN(C=O)Cc1ccccc1. The van der Waals surface area contributed by atoms with Crippen molar-refractivity contribution in [1.29, 1.82) is 0 Å². The normalized spacial score (nSPS) is 9.33. The van der Waals surface area contributed by atoms with Crippen molar-refractivity contribution in [2.45, 2.75) is 6.54 Å². The van der Waals surface area contributed by atoms with Crippen molar-refractivity contribution < 1.29 is 14.4 Å². The van der Waals surface area contributed by atoms with E-state index in [1.165, 1.54) is 4.90 Å². The van der Waals surface area contributed by atoms with E-state index < -0.39 is 0 Å². The van der Waals surface area contributed by atoms with Crippen LogP contribution in [0.1, 0.15) is 5.56 Å². The second-order valence-corrected chi connectivity index (χ2v) is 2.85. The Morgan fingerprint density at radius 3 is 2.60 bits per heavy atom. The molecule has 0 bridgehead atoms. The fourth-order valence-electron chi connectivity index (χ4n) is 1.09. The molecule has 15 heavy (non-hydrogen) atoms. The lowest BCUT2D eigenvalue weighted by atomic mass is 10.2. The second kappa shape index (κ2) is 6.56. The number of hydrogen-bond donors (Lipinski definition) is 1. The molecule has 0 unspecified atom stereocenters. The Bertz CT molecular complexity index is 303. The molecule has 2 amide bonds. The van der Waals surface area contributed by atoms with Crippen LogP contribution in [0.2, 0.25) is 0 Å². The number of carbonyl (C=O) groups is 2. The van der Waals surface area contributed by atoms with Gasteiger partial charge in [-0.3, -0.25) is 14.4 Å². The Morgan fingerprint density at radius 2 is 2.00 bits per heavy atom. The topological polar surface area (TPSA) is 58.6 Å². The minimum atomic E-state index is 0.0249. The highest BCUT2D eigenvalue weighted by atomic mass is 16.7. The van der Waals surface area contributed by atoms with Crippen molar-refractivity contribution in [2.75, 3.05) is 6.73 Å². The van der Waals surface area contributed by atoms with Gasteiger partial charge in [-0.25, -0.2) is 5.48 Å². The Morgan fingerprint density at radius 1 is 1.27 bits per heavy atom. The van der Waals surface area contributed by atoms with Crippen molar-refractivity contribution in [1.82, 2.24) is 10.4 Å². The van der Waals surface area contributed by atoms with Gasteiger partial charge in [0.15, 0.2) is 0 Å². The number of rotatable bonds is 7. The van der Waals surface area contributed by atoms with E-state index in [-0.39, 0.29) is 6.73 Å². The summed E-state index contributed by atoms with van der Waals surface area (Å²) in [6, 6.07) is 9.50. The molecule has 0 atom stereocenters. The second-order valence-electron chi connectivity index (χ2n) is 2.85. The van der Waals surface area contributed by atoms with Gasteiger partial charge in [0, 0.05) is 6.54 Å². The molecule has 0 spiro atoms. The summed E-state index contributed by atoms with van der Waals surface area (Å²) in [5, 5.41) is 0. The van der Waals surface area contributed by atoms with Crippen LogP contribution in [0.3, 0.4) is 0 Å². The molecule has 0 fully saturated rings. The van der Waals surface area contributed by atoms with E-state index in [0.717, 1.165) is 5.56 Å². The highest BCUT2D eigenvalue weighted by molar-refractivity contribution is 5.47. The number of amides is 2. The van der Waals surface area contributed by atoms with E-state index in [1.807, 2.05) is 35.8 Å². The van der Waals surface area contributed by atoms with Gasteiger partial charge in [0.25, 0.3) is 0 Å². The molecule has 0 aliphatic heterocycles. The largest absolute Gasteiger partial charge is 0.315 e. The number of benzene rings is 1. The van der Waals surface area contributed by atoms with Crippen molar-refractivity contribution >= 4 is 12.8 Å². The average molecular weight is 208 g/mol. The smallest absolute Gasteiger partial charge is 0.230 e. The standard InChI is InChI=1S/C10H12N2O3/c13-7-11-15-9-12(8-14)6-10-4-2-1-3-5-10/h1-5,7-8H,6,9H2,(H,11,13). The molecular formula is C10H12N2O3. The van der Waals surface area contributed by atoms with Crippen LogP contribution < -0.4 is 5.48 Å². The van der Waals surface area contributed by atoms with Crippen LogP contribution in [-0.4, -0.2) is 24.5 Å². The molecule has 0 aliphatic carbocycles. The molecular weight excluding hydrogens is 196 g/mol. The summed E-state index contributed by atoms with van der Waals surface area (Å²) in [6.45, 7) is 0.474. The summed E-state index contributed by atoms with van der Waals surface area (Å²) in [5.41, 5.74) is 3.02. The molecule has 5 heteroatoms. The van der Waals surface area contributed by atoms with E-state index >= 15 is 0 Å². The first-order chi connectivity index (χ1) is 7.36. The third kappa shape index (κ3) is 4.24. The first-order valence-corrected chi connectivity index (χ1v) is 4.41. The molecule has 80 valence electrons. The van der Waals surface area contributed by atoms with Gasteiger partial charge in [-0.05, 0) is 5.56 Å². The van der Waals surface area contributed by atoms with Gasteiger partial charge in [-0.2, -0.15) is 0 Å². The number of hydroxylamine groups is 1. The number of nitrogens with zero attached hydrogens (tertiary/aromatic N) is 1. The van der Waals surface area contributed by atoms with Crippen molar-refractivity contribution in [3.63, 3.8) is 0 Å². The number of carbonyl (C=O) groups excluding carboxylic acids is 2. The van der Waals surface area contributed by atoms with Gasteiger partial charge in [-0.1, -0.05) is 30.3 Å². The van der Waals surface area contributed by atoms with E-state index in [9.17, 15) is 9.59 Å². The molecule has 1 aromatic rings. The third-order valence-corrected chi connectivity index (χ3v) is 1.74. The first kappa shape index (κ1) is 11.2. The first-order valence-electron chi connectivity index (χ1n) is 4.41. The quantitative estimate of drug-likeness (QED) is 0.303. The zero-order chi connectivity index (χ0) is 10.9. The molecule has 0 aliphatic rings. The molecule has 1 aromatic carbocycles. The summed E-state index contributed by atoms with van der Waals surface area (Å²) in [5.74, 6) is 0. The lowest BCUT2D eigenvalue weighted by Crippen LogP contribution is -2.28.